The van der Waals surface area contributed by atoms with Crippen LogP contribution in [-0.2, 0) is 4.74 Å². The number of fused-ring (bicyclic) bond motifs is 2. The third kappa shape index (κ3) is 6.62. The topological polar surface area (TPSA) is 169 Å². The maximum atomic E-state index is 11.4. The predicted molar refractivity (Wildman–Crippen MR) is 172 cm³/mol. The highest BCUT2D eigenvalue weighted by Crippen LogP contribution is 2.29. The van der Waals surface area contributed by atoms with Gasteiger partial charge in [0.1, 0.15) is 0 Å². The Morgan fingerprint density at radius 2 is 1.39 bits per heavy atom. The molecule has 5 N–H and O–H groups in total. The molecule has 6 rings (SSSR count). The quantitative estimate of drug-likeness (QED) is 0.126. The smallest absolute Gasteiger partial charge is 0.411 e. The van der Waals surface area contributed by atoms with Crippen molar-refractivity contribution in [3.63, 3.8) is 0 Å². The molecule has 2 aromatic carbocycles. The number of methoxy groups -OCH3 is 1. The number of nitrogens with two attached hydrogens (primary N) is 1. The van der Waals surface area contributed by atoms with Crippen molar-refractivity contribution in [2.24, 2.45) is 0 Å². The molecule has 0 unspecified atom stereocenters. The molecule has 4 aromatic heterocycles. The van der Waals surface area contributed by atoms with E-state index >= 15 is 0 Å². The summed E-state index contributed by atoms with van der Waals surface area (Å²) in [6.07, 6.45) is 13.5. The zero-order valence-electron chi connectivity index (χ0n) is 23.6. The summed E-state index contributed by atoms with van der Waals surface area (Å²) in [6.45, 7) is 0. The van der Waals surface area contributed by atoms with E-state index in [0.717, 1.165) is 44.1 Å². The van der Waals surface area contributed by atoms with Gasteiger partial charge in [0.15, 0.2) is 0 Å². The van der Waals surface area contributed by atoms with Gasteiger partial charge in [-0.15, -0.1) is 0 Å². The minimum atomic E-state index is -0.544. The van der Waals surface area contributed by atoms with Gasteiger partial charge in [-0.25, -0.2) is 4.79 Å². The summed E-state index contributed by atoms with van der Waals surface area (Å²) in [5.74, 6) is 0. The van der Waals surface area contributed by atoms with Crippen molar-refractivity contribution in [3.05, 3.63) is 120 Å². The lowest BCUT2D eigenvalue weighted by molar-refractivity contribution is 0.187. The minimum Gasteiger partial charge on any atom is -0.453 e. The number of amides is 1. The molecular weight excluding hydrogens is 552 g/mol. The van der Waals surface area contributed by atoms with Gasteiger partial charge in [-0.3, -0.25) is 15.3 Å². The van der Waals surface area contributed by atoms with Crippen LogP contribution in [0.1, 0.15) is 22.3 Å². The first-order valence-electron chi connectivity index (χ1n) is 13.4. The van der Waals surface area contributed by atoms with Crippen LogP contribution in [-0.4, -0.2) is 33.1 Å². The van der Waals surface area contributed by atoms with Gasteiger partial charge >= 0.3 is 6.09 Å². The van der Waals surface area contributed by atoms with Crippen LogP contribution in [0.25, 0.3) is 45.1 Å². The molecule has 0 saturated carbocycles. The first-order valence-corrected chi connectivity index (χ1v) is 13.4. The van der Waals surface area contributed by atoms with E-state index in [9.17, 15) is 15.3 Å². The number of nitrogen functional groups attached to an aromatic ring is 1. The van der Waals surface area contributed by atoms with Crippen molar-refractivity contribution >= 4 is 62.6 Å². The van der Waals surface area contributed by atoms with Gasteiger partial charge in [-0.1, -0.05) is 12.1 Å². The summed E-state index contributed by atoms with van der Waals surface area (Å²) in [5, 5.41) is 23.3. The third-order valence-corrected chi connectivity index (χ3v) is 6.63. The van der Waals surface area contributed by atoms with Crippen molar-refractivity contribution < 1.29 is 9.53 Å². The Balaban J connectivity index is 0.000000177. The summed E-state index contributed by atoms with van der Waals surface area (Å²) in [4.78, 5) is 25.7. The van der Waals surface area contributed by atoms with Crippen LogP contribution in [0.2, 0.25) is 0 Å². The van der Waals surface area contributed by atoms with Gasteiger partial charge in [0.05, 0.1) is 30.4 Å². The van der Waals surface area contributed by atoms with Crippen LogP contribution in [0.15, 0.2) is 97.8 Å². The molecule has 0 spiro atoms. The van der Waals surface area contributed by atoms with E-state index in [1.165, 1.54) is 7.11 Å². The number of nitrogens with one attached hydrogen (secondary N) is 3. The largest absolute Gasteiger partial charge is 0.453 e. The fourth-order valence-electron chi connectivity index (χ4n) is 4.55. The molecule has 0 aliphatic heterocycles. The van der Waals surface area contributed by atoms with Crippen LogP contribution >= 0.6 is 0 Å². The van der Waals surface area contributed by atoms with Crippen LogP contribution in [0, 0.1) is 22.7 Å². The highest BCUT2D eigenvalue weighted by molar-refractivity contribution is 6.03. The normalized spacial score (nSPS) is 11.2. The Kier molecular flexibility index (Phi) is 8.75. The van der Waals surface area contributed by atoms with Crippen molar-refractivity contribution in [1.82, 2.24) is 19.9 Å². The summed E-state index contributed by atoms with van der Waals surface area (Å²) in [6, 6.07) is 22.9. The van der Waals surface area contributed by atoms with E-state index < -0.39 is 6.09 Å². The monoisotopic (exact) mass is 578 g/mol. The Bertz CT molecular complexity index is 2080. The molecule has 4 heterocycles. The van der Waals surface area contributed by atoms with Crippen LogP contribution in [0.5, 0.6) is 0 Å². The lowest BCUT2D eigenvalue weighted by Crippen LogP contribution is -2.10. The maximum Gasteiger partial charge on any atom is 0.411 e. The fraction of sp³-hybridized carbons (Fsp3) is 0.0294. The van der Waals surface area contributed by atoms with E-state index in [2.05, 4.69) is 42.1 Å². The number of carbonyl (C=O) groups is 1. The number of hydrogen-bond acceptors (Lipinski definition) is 7. The summed E-state index contributed by atoms with van der Waals surface area (Å²) in [5.41, 5.74) is 13.3. The van der Waals surface area contributed by atoms with Crippen molar-refractivity contribution in [2.75, 3.05) is 18.2 Å². The number of aromatic amines is 2. The molecule has 1 amide bonds. The van der Waals surface area contributed by atoms with E-state index in [4.69, 9.17) is 5.73 Å². The first-order chi connectivity index (χ1) is 21.5. The lowest BCUT2D eigenvalue weighted by atomic mass is 10.0. The number of H-pyrrole nitrogens is 2. The number of rotatable bonds is 5. The van der Waals surface area contributed by atoms with E-state index in [0.29, 0.717) is 22.5 Å². The molecule has 10 nitrogen and oxygen atoms in total. The Morgan fingerprint density at radius 1 is 0.841 bits per heavy atom. The van der Waals surface area contributed by atoms with E-state index in [1.54, 1.807) is 49.2 Å². The number of hydrogen-bond donors (Lipinski definition) is 4. The van der Waals surface area contributed by atoms with Crippen LogP contribution in [0.3, 0.4) is 0 Å². The van der Waals surface area contributed by atoms with Crippen molar-refractivity contribution in [1.29, 1.82) is 10.5 Å². The summed E-state index contributed by atoms with van der Waals surface area (Å²) < 4.78 is 4.60. The lowest BCUT2D eigenvalue weighted by Gasteiger charge is -2.04. The van der Waals surface area contributed by atoms with Gasteiger partial charge in [0, 0.05) is 81.5 Å². The van der Waals surface area contributed by atoms with Gasteiger partial charge < -0.3 is 20.4 Å². The van der Waals surface area contributed by atoms with Crippen molar-refractivity contribution in [2.45, 2.75) is 0 Å². The number of pyridine rings is 2. The van der Waals surface area contributed by atoms with Gasteiger partial charge in [-0.2, -0.15) is 10.5 Å². The van der Waals surface area contributed by atoms with Crippen molar-refractivity contribution in [3.8, 4) is 12.1 Å². The van der Waals surface area contributed by atoms with Crippen LogP contribution < -0.4 is 11.1 Å². The molecule has 214 valence electrons. The molecule has 0 aliphatic carbocycles. The predicted octanol–water partition coefficient (Wildman–Crippen LogP) is 7.01. The van der Waals surface area contributed by atoms with E-state index in [-0.39, 0.29) is 0 Å². The molecule has 10 heteroatoms. The molecule has 0 fully saturated rings. The zero-order chi connectivity index (χ0) is 30.9. The second-order valence-corrected chi connectivity index (χ2v) is 9.50. The number of benzene rings is 2. The second kappa shape index (κ2) is 13.3. The molecular formula is C34H26N8O2. The standard InChI is InChI=1S/C18H14N4O2.C16H12N4/c1-24-18(23)22-14-4-5-17-15(8-14)16(11-21-17)13(9-19)7-12-3-2-6-20-10-12;17-8-12(6-11-2-1-5-19-9-11)15-10-20-16-4-3-13(18)7-14(15)16/h2-8,10-11,21H,1H3,(H,22,23);1-7,9-10,20H,18H2/b13-7+;12-6+. The molecule has 0 atom stereocenters. The average Bonchev–Trinajstić information content (AvgIpc) is 3.67. The highest BCUT2D eigenvalue weighted by Gasteiger charge is 2.11. The number of aromatic nitrogens is 4. The van der Waals surface area contributed by atoms with Gasteiger partial charge in [0.25, 0.3) is 0 Å². The zero-order valence-corrected chi connectivity index (χ0v) is 23.6. The number of allylic oxidation sites excluding steroid dienone is 2. The molecule has 6 aromatic rings. The number of anilines is 2. The summed E-state index contributed by atoms with van der Waals surface area (Å²) >= 11 is 0. The second-order valence-electron chi connectivity index (χ2n) is 9.50. The molecule has 0 bridgehead atoms. The van der Waals surface area contributed by atoms with Gasteiger partial charge in [0.2, 0.25) is 0 Å². The first kappa shape index (κ1) is 28.9. The number of carbonyl (C=O) groups excluding carboxylic acids is 1. The highest BCUT2D eigenvalue weighted by atomic mass is 16.5. The maximum absolute atomic E-state index is 11.4. The van der Waals surface area contributed by atoms with Crippen LogP contribution in [0.4, 0.5) is 16.2 Å². The molecule has 44 heavy (non-hydrogen) atoms. The number of nitriles is 2. The van der Waals surface area contributed by atoms with E-state index in [1.807, 2.05) is 60.8 Å². The molecule has 0 saturated heterocycles. The summed E-state index contributed by atoms with van der Waals surface area (Å²) in [7, 11) is 1.31. The molecule has 0 radical (unpaired) electrons. The number of ether oxygens (including phenoxy) is 1. The Hall–Kier alpha value is -6.65. The third-order valence-electron chi connectivity index (χ3n) is 6.63. The SMILES string of the molecule is COC(=O)Nc1ccc2[nH]cc(/C(C#N)=C/c3cccnc3)c2c1.N#C/C(=C\c1cccnc1)c1c[nH]c2ccc(N)cc12. The molecule has 0 aliphatic rings. The minimum absolute atomic E-state index is 0.504. The number of nitrogens with zero attached hydrogens (tertiary/aromatic N) is 4. The fourth-order valence-corrected chi connectivity index (χ4v) is 4.55. The average molecular weight is 579 g/mol. The Labute approximate surface area is 252 Å². The Morgan fingerprint density at radius 3 is 1.89 bits per heavy atom. The van der Waals surface area contributed by atoms with Gasteiger partial charge in [-0.05, 0) is 71.8 Å².